The van der Waals surface area contributed by atoms with Crippen molar-refractivity contribution >= 4 is 18.0 Å². The van der Waals surface area contributed by atoms with Crippen LogP contribution in [-0.2, 0) is 9.59 Å². The highest BCUT2D eigenvalue weighted by atomic mass is 19.4. The summed E-state index contributed by atoms with van der Waals surface area (Å²) < 4.78 is 37.8. The van der Waals surface area contributed by atoms with E-state index in [2.05, 4.69) is 50.1 Å². The average Bonchev–Trinajstić information content (AvgIpc) is 3.15. The lowest BCUT2D eigenvalue weighted by Gasteiger charge is -2.23. The van der Waals surface area contributed by atoms with Crippen LogP contribution < -0.4 is 10.1 Å². The third-order valence-corrected chi connectivity index (χ3v) is 4.75. The minimum Gasteiger partial charge on any atom is -0.487 e. The molecule has 2 rings (SSSR count). The topological polar surface area (TPSA) is 91.8 Å². The summed E-state index contributed by atoms with van der Waals surface area (Å²) in [6, 6.07) is 2.46. The lowest BCUT2D eigenvalue weighted by Crippen LogP contribution is -2.33. The molecule has 7 nitrogen and oxygen atoms in total. The monoisotopic (exact) mass is 473 g/mol. The van der Waals surface area contributed by atoms with Crippen LogP contribution in [0.5, 0.6) is 5.75 Å². The van der Waals surface area contributed by atoms with E-state index in [4.69, 9.17) is 14.6 Å². The van der Waals surface area contributed by atoms with Crippen molar-refractivity contribution in [2.24, 2.45) is 5.41 Å². The number of carbonyl (C=O) groups is 2. The molecule has 0 aromatic carbocycles. The zero-order valence-corrected chi connectivity index (χ0v) is 19.8. The Morgan fingerprint density at radius 1 is 1.33 bits per heavy atom. The van der Waals surface area contributed by atoms with E-state index in [-0.39, 0.29) is 17.4 Å². The Bertz CT molecular complexity index is 807. The molecule has 2 heterocycles. The van der Waals surface area contributed by atoms with Gasteiger partial charge in [0.25, 0.3) is 0 Å². The van der Waals surface area contributed by atoms with Gasteiger partial charge in [0, 0.05) is 31.6 Å². The molecule has 1 amide bonds. The molecule has 1 aromatic heterocycles. The minimum atomic E-state index is -5.08. The van der Waals surface area contributed by atoms with Crippen LogP contribution in [0.15, 0.2) is 24.5 Å². The number of hydrogen-bond acceptors (Lipinski definition) is 5. The summed E-state index contributed by atoms with van der Waals surface area (Å²) in [7, 11) is 1.96. The maximum atomic E-state index is 12.4. The smallest absolute Gasteiger partial charge is 0.487 e. The van der Waals surface area contributed by atoms with Crippen molar-refractivity contribution in [1.82, 2.24) is 15.2 Å². The molecule has 0 aliphatic carbocycles. The molecule has 186 valence electrons. The number of nitrogens with zero attached hydrogens (tertiary/aromatic N) is 2. The number of aliphatic carboxylic acids is 1. The number of carboxylic acid groups (broad SMARTS) is 1. The number of halogens is 3. The number of hydrogen-bond donors (Lipinski definition) is 2. The average molecular weight is 474 g/mol. The van der Waals surface area contributed by atoms with Crippen LogP contribution in [0.1, 0.15) is 52.5 Å². The van der Waals surface area contributed by atoms with Gasteiger partial charge in [-0.15, -0.1) is 0 Å². The van der Waals surface area contributed by atoms with Gasteiger partial charge >= 0.3 is 12.1 Å². The summed E-state index contributed by atoms with van der Waals surface area (Å²) in [6.45, 7) is 9.86. The van der Waals surface area contributed by atoms with Gasteiger partial charge in [-0.3, -0.25) is 9.78 Å². The van der Waals surface area contributed by atoms with Crippen molar-refractivity contribution in [3.05, 3.63) is 30.1 Å². The Kier molecular flexibility index (Phi) is 10.8. The number of aromatic nitrogens is 1. The molecular formula is C23H34F3N3O4. The highest BCUT2D eigenvalue weighted by molar-refractivity contribution is 5.77. The summed E-state index contributed by atoms with van der Waals surface area (Å²) in [5, 5.41) is 10.3. The quantitative estimate of drug-likeness (QED) is 0.619. The molecular weight excluding hydrogens is 439 g/mol. The highest BCUT2D eigenvalue weighted by Crippen LogP contribution is 2.24. The molecule has 0 spiro atoms. The molecule has 1 aliphatic rings. The van der Waals surface area contributed by atoms with Crippen LogP contribution in [0.3, 0.4) is 0 Å². The number of carbonyl (C=O) groups excluding carboxylic acids is 1. The molecule has 0 saturated carbocycles. The molecule has 10 heteroatoms. The largest absolute Gasteiger partial charge is 0.490 e. The molecule has 2 N–H and O–H groups in total. The van der Waals surface area contributed by atoms with E-state index < -0.39 is 12.1 Å². The van der Waals surface area contributed by atoms with E-state index in [1.165, 1.54) is 0 Å². The van der Waals surface area contributed by atoms with Crippen LogP contribution in [0.25, 0.3) is 6.08 Å². The van der Waals surface area contributed by atoms with Crippen LogP contribution in [0, 0.1) is 5.41 Å². The first-order chi connectivity index (χ1) is 15.2. The minimum absolute atomic E-state index is 0.0193. The predicted molar refractivity (Wildman–Crippen MR) is 120 cm³/mol. The van der Waals surface area contributed by atoms with Crippen LogP contribution in [-0.4, -0.2) is 65.3 Å². The van der Waals surface area contributed by atoms with Gasteiger partial charge in [-0.1, -0.05) is 32.9 Å². The van der Waals surface area contributed by atoms with Gasteiger partial charge in [0.2, 0.25) is 5.91 Å². The zero-order chi connectivity index (χ0) is 25.2. The number of carboxylic acids is 1. The Hall–Kier alpha value is -2.62. The number of likely N-dealkylation sites (tertiary alicyclic amines) is 1. The molecule has 1 aromatic rings. The van der Waals surface area contributed by atoms with Gasteiger partial charge in [0.05, 0.1) is 12.7 Å². The first-order valence-electron chi connectivity index (χ1n) is 10.7. The van der Waals surface area contributed by atoms with Gasteiger partial charge in [0.1, 0.15) is 11.9 Å². The van der Waals surface area contributed by atoms with Gasteiger partial charge < -0.3 is 20.1 Å². The summed E-state index contributed by atoms with van der Waals surface area (Å²) >= 11 is 0. The van der Waals surface area contributed by atoms with Crippen LogP contribution >= 0.6 is 0 Å². The van der Waals surface area contributed by atoms with Gasteiger partial charge in [-0.25, -0.2) is 4.79 Å². The first-order valence-corrected chi connectivity index (χ1v) is 10.7. The number of ether oxygens (including phenoxy) is 1. The third-order valence-electron chi connectivity index (χ3n) is 4.75. The van der Waals surface area contributed by atoms with E-state index in [0.29, 0.717) is 19.0 Å². The van der Waals surface area contributed by atoms with Crippen molar-refractivity contribution in [3.8, 4) is 5.75 Å². The third kappa shape index (κ3) is 11.7. The van der Waals surface area contributed by atoms with Gasteiger partial charge in [-0.05, 0) is 37.4 Å². The Labute approximate surface area is 193 Å². The fourth-order valence-electron chi connectivity index (χ4n) is 2.93. The van der Waals surface area contributed by atoms with Gasteiger partial charge in [0.15, 0.2) is 0 Å². The van der Waals surface area contributed by atoms with Crippen molar-refractivity contribution < 1.29 is 32.6 Å². The summed E-state index contributed by atoms with van der Waals surface area (Å²) in [5.74, 6) is -1.77. The Morgan fingerprint density at radius 3 is 2.52 bits per heavy atom. The zero-order valence-electron chi connectivity index (χ0n) is 19.8. The summed E-state index contributed by atoms with van der Waals surface area (Å²) in [4.78, 5) is 27.4. The maximum absolute atomic E-state index is 12.4. The number of pyridine rings is 1. The Morgan fingerprint density at radius 2 is 1.97 bits per heavy atom. The van der Waals surface area contributed by atoms with Crippen molar-refractivity contribution in [1.29, 1.82) is 0 Å². The highest BCUT2D eigenvalue weighted by Gasteiger charge is 2.38. The number of alkyl halides is 3. The Balaban J connectivity index is 0.000000675. The fraction of sp³-hybridized carbons (Fsp3) is 0.609. The van der Waals surface area contributed by atoms with Gasteiger partial charge in [-0.2, -0.15) is 13.2 Å². The summed E-state index contributed by atoms with van der Waals surface area (Å²) in [6.07, 6.45) is 5.17. The van der Waals surface area contributed by atoms with E-state index in [0.717, 1.165) is 30.7 Å². The van der Waals surface area contributed by atoms with E-state index in [1.54, 1.807) is 6.20 Å². The molecule has 0 radical (unpaired) electrons. The molecule has 33 heavy (non-hydrogen) atoms. The number of rotatable bonds is 7. The van der Waals surface area contributed by atoms with Crippen molar-refractivity contribution in [2.75, 3.05) is 20.1 Å². The van der Waals surface area contributed by atoms with E-state index in [9.17, 15) is 18.0 Å². The molecule has 0 bridgehead atoms. The second-order valence-electron chi connectivity index (χ2n) is 9.19. The normalized spacial score (nSPS) is 17.5. The van der Waals surface area contributed by atoms with Crippen molar-refractivity contribution in [2.45, 2.75) is 65.3 Å². The molecule has 2 atom stereocenters. The molecule has 1 fully saturated rings. The second kappa shape index (κ2) is 12.6. The van der Waals surface area contributed by atoms with Crippen LogP contribution in [0.4, 0.5) is 13.2 Å². The fourth-order valence-corrected chi connectivity index (χ4v) is 2.93. The first kappa shape index (κ1) is 28.4. The van der Waals surface area contributed by atoms with E-state index in [1.807, 2.05) is 24.2 Å². The van der Waals surface area contributed by atoms with Crippen LogP contribution in [0.2, 0.25) is 0 Å². The second-order valence-corrected chi connectivity index (χ2v) is 9.19. The predicted octanol–water partition coefficient (Wildman–Crippen LogP) is 4.14. The van der Waals surface area contributed by atoms with Crippen molar-refractivity contribution in [3.63, 3.8) is 0 Å². The molecule has 0 unspecified atom stereocenters. The molecule has 1 aliphatic heterocycles. The number of nitrogens with one attached hydrogen (secondary N) is 1. The SMILES string of the molecule is CN[C@@H](C)CC=Cc1cncc(O[C@@H]2CCN(C(=O)CC(C)(C)C)C2)c1.O=C(O)C(F)(F)F. The molecule has 1 saturated heterocycles. The maximum Gasteiger partial charge on any atom is 0.490 e. The number of amides is 1. The summed E-state index contributed by atoms with van der Waals surface area (Å²) in [5.41, 5.74) is 1.05. The lowest BCUT2D eigenvalue weighted by atomic mass is 9.92. The van der Waals surface area contributed by atoms with E-state index >= 15 is 0 Å². The standard InChI is InChI=1S/C21H33N3O2.C2HF3O2/c1-16(22-5)7-6-8-17-11-19(14-23-13-17)26-18-9-10-24(15-18)20(25)12-21(2,3)4;3-2(4,5)1(6)7/h6,8,11,13-14,16,18,22H,7,9-10,12,15H2,1-5H3;(H,6,7)/t16-,18+;/m0./s1. The lowest BCUT2D eigenvalue weighted by molar-refractivity contribution is -0.192.